The molecule has 2 atom stereocenters. The first-order valence-electron chi connectivity index (χ1n) is 6.91. The third-order valence-corrected chi connectivity index (χ3v) is 6.56. The van der Waals surface area contributed by atoms with Gasteiger partial charge in [0, 0.05) is 28.2 Å². The van der Waals surface area contributed by atoms with E-state index in [0.29, 0.717) is 5.25 Å². The zero-order valence-corrected chi connectivity index (χ0v) is 13.0. The van der Waals surface area contributed by atoms with Gasteiger partial charge in [-0.05, 0) is 49.6 Å². The molecule has 4 heteroatoms. The molecular formula is C15H21NOS2. The predicted molar refractivity (Wildman–Crippen MR) is 85.1 cm³/mol. The van der Waals surface area contributed by atoms with Gasteiger partial charge in [0.15, 0.2) is 0 Å². The number of hydrogen-bond donors (Lipinski definition) is 1. The summed E-state index contributed by atoms with van der Waals surface area (Å²) in [6, 6.07) is 6.39. The summed E-state index contributed by atoms with van der Waals surface area (Å²) < 4.78 is 6.08. The fraction of sp³-hybridized carbons (Fsp3) is 0.600. The van der Waals surface area contributed by atoms with Crippen molar-refractivity contribution in [3.63, 3.8) is 0 Å². The van der Waals surface area contributed by atoms with E-state index in [9.17, 15) is 0 Å². The predicted octanol–water partition coefficient (Wildman–Crippen LogP) is 3.72. The third kappa shape index (κ3) is 3.06. The minimum atomic E-state index is 0.167. The van der Waals surface area contributed by atoms with E-state index in [2.05, 4.69) is 25.1 Å². The van der Waals surface area contributed by atoms with E-state index in [1.165, 1.54) is 34.8 Å². The lowest BCUT2D eigenvalue weighted by Crippen LogP contribution is -2.40. The topological polar surface area (TPSA) is 35.2 Å². The molecule has 104 valence electrons. The van der Waals surface area contributed by atoms with Gasteiger partial charge in [-0.2, -0.15) is 11.8 Å². The van der Waals surface area contributed by atoms with Gasteiger partial charge in [0.1, 0.15) is 0 Å². The summed E-state index contributed by atoms with van der Waals surface area (Å²) in [5.74, 6) is 2.43. The average Bonchev–Trinajstić information content (AvgIpc) is 2.81. The fourth-order valence-electron chi connectivity index (χ4n) is 2.90. The highest BCUT2D eigenvalue weighted by molar-refractivity contribution is 8.00. The largest absolute Gasteiger partial charge is 0.398 e. The van der Waals surface area contributed by atoms with Gasteiger partial charge in [-0.3, -0.25) is 0 Å². The van der Waals surface area contributed by atoms with Gasteiger partial charge < -0.3 is 10.5 Å². The Labute approximate surface area is 123 Å². The summed E-state index contributed by atoms with van der Waals surface area (Å²) in [5.41, 5.74) is 8.45. The fourth-order valence-corrected chi connectivity index (χ4v) is 5.58. The Morgan fingerprint density at radius 1 is 1.47 bits per heavy atom. The van der Waals surface area contributed by atoms with Gasteiger partial charge in [-0.1, -0.05) is 6.07 Å². The highest BCUT2D eigenvalue weighted by Crippen LogP contribution is 2.43. The molecule has 2 unspecified atom stereocenters. The van der Waals surface area contributed by atoms with Crippen LogP contribution in [0.1, 0.15) is 24.8 Å². The molecule has 0 radical (unpaired) electrons. The van der Waals surface area contributed by atoms with Crippen LogP contribution in [0.3, 0.4) is 0 Å². The van der Waals surface area contributed by atoms with Gasteiger partial charge in [-0.25, -0.2) is 0 Å². The van der Waals surface area contributed by atoms with Crippen LogP contribution < -0.4 is 5.73 Å². The van der Waals surface area contributed by atoms with E-state index in [-0.39, 0.29) is 5.60 Å². The molecule has 1 aromatic carbocycles. The Morgan fingerprint density at radius 2 is 2.37 bits per heavy atom. The molecule has 0 saturated carbocycles. The highest BCUT2D eigenvalue weighted by Gasteiger charge is 2.40. The van der Waals surface area contributed by atoms with Crippen LogP contribution in [0.2, 0.25) is 0 Å². The Morgan fingerprint density at radius 3 is 3.11 bits per heavy atom. The molecular weight excluding hydrogens is 274 g/mol. The van der Waals surface area contributed by atoms with Crippen molar-refractivity contribution in [2.24, 2.45) is 0 Å². The van der Waals surface area contributed by atoms with Crippen molar-refractivity contribution in [2.75, 3.05) is 23.8 Å². The van der Waals surface area contributed by atoms with E-state index in [0.717, 1.165) is 18.7 Å². The molecule has 2 aliphatic rings. The minimum Gasteiger partial charge on any atom is -0.398 e. The maximum Gasteiger partial charge on any atom is 0.0791 e. The van der Waals surface area contributed by atoms with E-state index in [1.54, 1.807) is 0 Å². The first kappa shape index (κ1) is 13.7. The molecule has 1 aromatic rings. The second-order valence-electron chi connectivity index (χ2n) is 5.61. The van der Waals surface area contributed by atoms with Gasteiger partial charge in [0.25, 0.3) is 0 Å². The average molecular weight is 295 g/mol. The third-order valence-electron chi connectivity index (χ3n) is 3.97. The normalized spacial score (nSPS) is 30.9. The molecule has 2 heterocycles. The van der Waals surface area contributed by atoms with Crippen LogP contribution in [0, 0.1) is 6.92 Å². The molecule has 0 amide bonds. The Balaban J connectivity index is 1.69. The van der Waals surface area contributed by atoms with Gasteiger partial charge >= 0.3 is 0 Å². The molecule has 0 bridgehead atoms. The molecule has 2 fully saturated rings. The summed E-state index contributed by atoms with van der Waals surface area (Å²) in [7, 11) is 0. The van der Waals surface area contributed by atoms with Crippen LogP contribution >= 0.6 is 23.5 Å². The van der Waals surface area contributed by atoms with Crippen molar-refractivity contribution in [1.82, 2.24) is 0 Å². The second kappa shape index (κ2) is 5.58. The van der Waals surface area contributed by atoms with E-state index >= 15 is 0 Å². The summed E-state index contributed by atoms with van der Waals surface area (Å²) in [6.07, 6.45) is 3.54. The zero-order valence-electron chi connectivity index (χ0n) is 11.4. The Hall–Kier alpha value is -0.320. The zero-order chi connectivity index (χ0) is 13.3. The summed E-state index contributed by atoms with van der Waals surface area (Å²) >= 11 is 3.98. The molecule has 1 spiro atoms. The van der Waals surface area contributed by atoms with Crippen molar-refractivity contribution in [2.45, 2.75) is 41.9 Å². The lowest BCUT2D eigenvalue weighted by molar-refractivity contribution is -0.0562. The number of anilines is 1. The highest BCUT2D eigenvalue weighted by atomic mass is 32.2. The number of ether oxygens (including phenoxy) is 1. The van der Waals surface area contributed by atoms with Crippen molar-refractivity contribution in [3.8, 4) is 0 Å². The molecule has 2 N–H and O–H groups in total. The first-order valence-corrected chi connectivity index (χ1v) is 8.95. The number of aryl methyl sites for hydroxylation is 1. The van der Waals surface area contributed by atoms with Crippen molar-refractivity contribution in [3.05, 3.63) is 23.8 Å². The SMILES string of the molecule is Cc1ccc(SC2CCOC3(CCSC3)C2)c(N)c1. The van der Waals surface area contributed by atoms with Crippen LogP contribution in [-0.2, 0) is 4.74 Å². The molecule has 2 nitrogen and oxygen atoms in total. The van der Waals surface area contributed by atoms with Gasteiger partial charge in [0.05, 0.1) is 5.60 Å². The van der Waals surface area contributed by atoms with E-state index in [4.69, 9.17) is 10.5 Å². The number of thioether (sulfide) groups is 2. The summed E-state index contributed by atoms with van der Waals surface area (Å²) in [4.78, 5) is 1.23. The summed E-state index contributed by atoms with van der Waals surface area (Å²) in [5, 5.41) is 0.650. The van der Waals surface area contributed by atoms with Crippen LogP contribution in [0.15, 0.2) is 23.1 Å². The smallest absolute Gasteiger partial charge is 0.0791 e. The maximum atomic E-state index is 6.13. The number of rotatable bonds is 2. The van der Waals surface area contributed by atoms with Crippen LogP contribution in [0.25, 0.3) is 0 Å². The molecule has 0 aliphatic carbocycles. The standard InChI is InChI=1S/C15H21NOS2/c1-11-2-3-14(13(16)8-11)19-12-4-6-17-15(9-12)5-7-18-10-15/h2-3,8,12H,4-7,9-10,16H2,1H3. The van der Waals surface area contributed by atoms with E-state index in [1.807, 2.05) is 23.5 Å². The second-order valence-corrected chi connectivity index (χ2v) is 8.06. The lowest BCUT2D eigenvalue weighted by atomic mass is 9.93. The van der Waals surface area contributed by atoms with Crippen LogP contribution in [0.5, 0.6) is 0 Å². The van der Waals surface area contributed by atoms with Crippen molar-refractivity contribution < 1.29 is 4.74 Å². The van der Waals surface area contributed by atoms with Crippen LogP contribution in [0.4, 0.5) is 5.69 Å². The Kier molecular flexibility index (Phi) is 4.01. The number of nitrogens with two attached hydrogens (primary N) is 1. The van der Waals surface area contributed by atoms with Gasteiger partial charge in [-0.15, -0.1) is 11.8 Å². The number of benzene rings is 1. The lowest BCUT2D eigenvalue weighted by Gasteiger charge is -2.37. The maximum absolute atomic E-state index is 6.13. The quantitative estimate of drug-likeness (QED) is 0.843. The van der Waals surface area contributed by atoms with Crippen LogP contribution in [-0.4, -0.2) is 29.0 Å². The molecule has 19 heavy (non-hydrogen) atoms. The van der Waals surface area contributed by atoms with Crippen molar-refractivity contribution in [1.29, 1.82) is 0 Å². The molecule has 2 saturated heterocycles. The van der Waals surface area contributed by atoms with Gasteiger partial charge in [0.2, 0.25) is 0 Å². The molecule has 2 aliphatic heterocycles. The number of hydrogen-bond acceptors (Lipinski definition) is 4. The first-order chi connectivity index (χ1) is 9.17. The Bertz CT molecular complexity index is 457. The number of nitrogen functional groups attached to an aromatic ring is 1. The molecule has 0 aromatic heterocycles. The van der Waals surface area contributed by atoms with Crippen molar-refractivity contribution >= 4 is 29.2 Å². The summed E-state index contributed by atoms with van der Waals surface area (Å²) in [6.45, 7) is 2.99. The molecule has 3 rings (SSSR count). The van der Waals surface area contributed by atoms with E-state index < -0.39 is 0 Å². The monoisotopic (exact) mass is 295 g/mol. The minimum absolute atomic E-state index is 0.167.